The number of pyridine rings is 1. The van der Waals surface area contributed by atoms with E-state index in [0.29, 0.717) is 36.2 Å². The molecule has 0 amide bonds. The topological polar surface area (TPSA) is 70.7 Å². The van der Waals surface area contributed by atoms with Crippen molar-refractivity contribution in [3.05, 3.63) is 83.1 Å². The van der Waals surface area contributed by atoms with Gasteiger partial charge in [0, 0.05) is 24.9 Å². The summed E-state index contributed by atoms with van der Waals surface area (Å²) in [6.07, 6.45) is 4.83. The Hall–Kier alpha value is -3.95. The highest BCUT2D eigenvalue weighted by Gasteiger charge is 2.38. The number of fused-ring (bicyclic) bond motifs is 1. The van der Waals surface area contributed by atoms with Gasteiger partial charge in [-0.05, 0) is 48.8 Å². The highest BCUT2D eigenvalue weighted by molar-refractivity contribution is 5.67. The molecule has 4 heterocycles. The number of alkyl halides is 3. The zero-order valence-electron chi connectivity index (χ0n) is 18.5. The maximum atomic E-state index is 13.5. The van der Waals surface area contributed by atoms with Crippen molar-refractivity contribution in [2.75, 3.05) is 7.11 Å². The molecule has 0 saturated carbocycles. The van der Waals surface area contributed by atoms with Gasteiger partial charge >= 0.3 is 6.18 Å². The molecular formula is C24H21F3N6O. The first-order valence-corrected chi connectivity index (χ1v) is 10.7. The minimum Gasteiger partial charge on any atom is -0.493 e. The van der Waals surface area contributed by atoms with E-state index in [-0.39, 0.29) is 5.56 Å². The van der Waals surface area contributed by atoms with Crippen LogP contribution in [0.1, 0.15) is 46.4 Å². The van der Waals surface area contributed by atoms with Crippen LogP contribution in [-0.2, 0) is 12.7 Å². The van der Waals surface area contributed by atoms with Crippen molar-refractivity contribution >= 4 is 12.2 Å². The van der Waals surface area contributed by atoms with E-state index in [2.05, 4.69) is 20.1 Å². The van der Waals surface area contributed by atoms with Crippen LogP contribution < -0.4 is 4.74 Å². The zero-order valence-corrected chi connectivity index (χ0v) is 18.5. The van der Waals surface area contributed by atoms with Crippen LogP contribution in [0.2, 0.25) is 0 Å². The van der Waals surface area contributed by atoms with Gasteiger partial charge < -0.3 is 4.74 Å². The molecule has 5 rings (SSSR count). The molecule has 1 aliphatic heterocycles. The average molecular weight is 466 g/mol. The number of ether oxygens (including phenoxy) is 1. The standard InChI is InChI=1S/C24H21F3N6O/c1-15-13-32(14-29-15)23-20(34-2)11-16(12-28-23)7-8-21-30-22-18(9-10-33(22)31-21)17-5-3-4-6-19(17)24(25,26)27/h3-8,11-14,18H,9-10H2,1-2H3/t18-/m1/s1. The molecule has 10 heteroatoms. The molecule has 3 aromatic heterocycles. The molecule has 174 valence electrons. The van der Waals surface area contributed by atoms with Crippen molar-refractivity contribution in [3.8, 4) is 11.6 Å². The lowest BCUT2D eigenvalue weighted by Gasteiger charge is -2.16. The molecule has 0 aliphatic carbocycles. The maximum Gasteiger partial charge on any atom is 0.416 e. The van der Waals surface area contributed by atoms with E-state index in [4.69, 9.17) is 4.74 Å². The summed E-state index contributed by atoms with van der Waals surface area (Å²) in [5.41, 5.74) is 1.24. The molecule has 0 N–H and O–H groups in total. The summed E-state index contributed by atoms with van der Waals surface area (Å²) in [5.74, 6) is 1.71. The van der Waals surface area contributed by atoms with E-state index in [1.54, 1.807) is 47.1 Å². The number of benzene rings is 1. The average Bonchev–Trinajstić information content (AvgIpc) is 3.52. The second kappa shape index (κ2) is 8.44. The van der Waals surface area contributed by atoms with Crippen LogP contribution in [0.15, 0.2) is 49.1 Å². The summed E-state index contributed by atoms with van der Waals surface area (Å²) in [6, 6.07) is 7.50. The van der Waals surface area contributed by atoms with E-state index in [1.165, 1.54) is 12.1 Å². The second-order valence-electron chi connectivity index (χ2n) is 8.03. The van der Waals surface area contributed by atoms with Crippen LogP contribution >= 0.6 is 0 Å². The minimum atomic E-state index is -4.42. The Bertz CT molecular complexity index is 1370. The molecule has 0 unspecified atom stereocenters. The summed E-state index contributed by atoms with van der Waals surface area (Å²) in [6.45, 7) is 2.41. The van der Waals surface area contributed by atoms with Gasteiger partial charge in [-0.25, -0.2) is 19.6 Å². The van der Waals surface area contributed by atoms with Gasteiger partial charge in [-0.3, -0.25) is 4.57 Å². The smallest absolute Gasteiger partial charge is 0.416 e. The molecular weight excluding hydrogens is 445 g/mol. The van der Waals surface area contributed by atoms with Crippen LogP contribution in [0.3, 0.4) is 0 Å². The Labute approximate surface area is 193 Å². The van der Waals surface area contributed by atoms with Crippen LogP contribution in [0.25, 0.3) is 18.0 Å². The number of hydrogen-bond acceptors (Lipinski definition) is 5. The summed E-state index contributed by atoms with van der Waals surface area (Å²) in [5, 5.41) is 4.46. The van der Waals surface area contributed by atoms with Gasteiger partial charge in [-0.15, -0.1) is 0 Å². The van der Waals surface area contributed by atoms with Gasteiger partial charge in [0.2, 0.25) is 0 Å². The molecule has 1 aliphatic rings. The van der Waals surface area contributed by atoms with Gasteiger partial charge in [0.15, 0.2) is 17.4 Å². The van der Waals surface area contributed by atoms with E-state index in [0.717, 1.165) is 17.3 Å². The highest BCUT2D eigenvalue weighted by Crippen LogP contribution is 2.40. The first-order valence-electron chi connectivity index (χ1n) is 10.7. The van der Waals surface area contributed by atoms with Crippen molar-refractivity contribution < 1.29 is 17.9 Å². The molecule has 7 nitrogen and oxygen atoms in total. The van der Waals surface area contributed by atoms with E-state index >= 15 is 0 Å². The van der Waals surface area contributed by atoms with Crippen LogP contribution in [0.5, 0.6) is 5.75 Å². The number of hydrogen-bond donors (Lipinski definition) is 0. The molecule has 1 atom stereocenters. The minimum absolute atomic E-state index is 0.232. The predicted octanol–water partition coefficient (Wildman–Crippen LogP) is 4.90. The number of aryl methyl sites for hydroxylation is 2. The highest BCUT2D eigenvalue weighted by atomic mass is 19.4. The van der Waals surface area contributed by atoms with Crippen LogP contribution in [0.4, 0.5) is 13.2 Å². The van der Waals surface area contributed by atoms with E-state index in [1.807, 2.05) is 19.2 Å². The summed E-state index contributed by atoms with van der Waals surface area (Å²) in [7, 11) is 1.57. The van der Waals surface area contributed by atoms with Crippen molar-refractivity contribution in [3.63, 3.8) is 0 Å². The maximum absolute atomic E-state index is 13.5. The Morgan fingerprint density at radius 1 is 1.15 bits per heavy atom. The first-order chi connectivity index (χ1) is 16.3. The van der Waals surface area contributed by atoms with Gasteiger partial charge in [0.05, 0.1) is 18.4 Å². The van der Waals surface area contributed by atoms with Crippen LogP contribution in [0, 0.1) is 6.92 Å². The number of nitrogens with zero attached hydrogens (tertiary/aromatic N) is 6. The summed E-state index contributed by atoms with van der Waals surface area (Å²) < 4.78 is 49.5. The van der Waals surface area contributed by atoms with Crippen molar-refractivity contribution in [1.82, 2.24) is 29.3 Å². The monoisotopic (exact) mass is 466 g/mol. The van der Waals surface area contributed by atoms with Gasteiger partial charge in [-0.2, -0.15) is 18.3 Å². The largest absolute Gasteiger partial charge is 0.493 e. The quantitative estimate of drug-likeness (QED) is 0.418. The van der Waals surface area contributed by atoms with Gasteiger partial charge in [0.1, 0.15) is 12.2 Å². The van der Waals surface area contributed by atoms with Crippen molar-refractivity contribution in [2.24, 2.45) is 0 Å². The third-order valence-electron chi connectivity index (χ3n) is 5.75. The zero-order chi connectivity index (χ0) is 23.9. The molecule has 0 spiro atoms. The summed E-state index contributed by atoms with van der Waals surface area (Å²) >= 11 is 0. The Kier molecular flexibility index (Phi) is 5.43. The van der Waals surface area contributed by atoms with Gasteiger partial charge in [-0.1, -0.05) is 18.2 Å². The number of rotatable bonds is 5. The summed E-state index contributed by atoms with van der Waals surface area (Å²) in [4.78, 5) is 13.2. The third-order valence-corrected chi connectivity index (χ3v) is 5.75. The van der Waals surface area contributed by atoms with Crippen molar-refractivity contribution in [2.45, 2.75) is 32.0 Å². The molecule has 0 fully saturated rings. The molecule has 4 aromatic rings. The molecule has 34 heavy (non-hydrogen) atoms. The lowest BCUT2D eigenvalue weighted by Crippen LogP contribution is -2.12. The van der Waals surface area contributed by atoms with Crippen LogP contribution in [-0.4, -0.2) is 36.4 Å². The predicted molar refractivity (Wildman–Crippen MR) is 120 cm³/mol. The Morgan fingerprint density at radius 3 is 2.71 bits per heavy atom. The lowest BCUT2D eigenvalue weighted by molar-refractivity contribution is -0.138. The fourth-order valence-electron chi connectivity index (χ4n) is 4.19. The number of aromatic nitrogens is 6. The Balaban J connectivity index is 1.41. The van der Waals surface area contributed by atoms with E-state index in [9.17, 15) is 13.2 Å². The fraction of sp³-hybridized carbons (Fsp3) is 0.250. The van der Waals surface area contributed by atoms with E-state index < -0.39 is 17.7 Å². The number of imidazole rings is 1. The molecule has 0 saturated heterocycles. The second-order valence-corrected chi connectivity index (χ2v) is 8.03. The lowest BCUT2D eigenvalue weighted by atomic mass is 9.92. The molecule has 0 radical (unpaired) electrons. The Morgan fingerprint density at radius 2 is 1.97 bits per heavy atom. The molecule has 1 aromatic carbocycles. The molecule has 0 bridgehead atoms. The third kappa shape index (κ3) is 4.07. The number of methoxy groups -OCH3 is 1. The SMILES string of the molecule is COc1cc(C=Cc2nc3n(n2)CC[C@@H]3c2ccccc2C(F)(F)F)cnc1-n1cnc(C)c1. The van der Waals surface area contributed by atoms with Gasteiger partial charge in [0.25, 0.3) is 0 Å². The number of halogens is 3. The normalized spacial score (nSPS) is 15.7. The van der Waals surface area contributed by atoms with Crippen molar-refractivity contribution in [1.29, 1.82) is 0 Å². The fourth-order valence-corrected chi connectivity index (χ4v) is 4.19. The first kappa shape index (κ1) is 21.9.